The van der Waals surface area contributed by atoms with E-state index in [1.807, 2.05) is 0 Å². The van der Waals surface area contributed by atoms with Gasteiger partial charge in [0.15, 0.2) is 11.6 Å². The second-order valence-corrected chi connectivity index (χ2v) is 4.38. The summed E-state index contributed by atoms with van der Waals surface area (Å²) in [7, 11) is 0. The monoisotopic (exact) mass is 257 g/mol. The van der Waals surface area contributed by atoms with Crippen molar-refractivity contribution < 1.29 is 13.5 Å². The molecule has 0 radical (unpaired) electrons. The molecule has 0 bridgehead atoms. The predicted octanol–water partition coefficient (Wildman–Crippen LogP) is 3.51. The lowest BCUT2D eigenvalue weighted by molar-refractivity contribution is 0.286. The average molecular weight is 257 g/mol. The summed E-state index contributed by atoms with van der Waals surface area (Å²) in [5.41, 5.74) is 0. The van der Waals surface area contributed by atoms with Crippen molar-refractivity contribution in [1.29, 1.82) is 0 Å². The molecule has 1 atom stereocenters. The third-order valence-electron chi connectivity index (χ3n) is 2.73. The molecule has 0 fully saturated rings. The molecule has 2 nitrogen and oxygen atoms in total. The van der Waals surface area contributed by atoms with Crippen LogP contribution < -0.4 is 10.1 Å². The first-order valence-corrected chi connectivity index (χ1v) is 6.44. The van der Waals surface area contributed by atoms with Crippen molar-refractivity contribution in [3.8, 4) is 5.75 Å². The number of unbranched alkanes of at least 4 members (excludes halogenated alkanes) is 1. The van der Waals surface area contributed by atoms with Crippen molar-refractivity contribution in [2.24, 2.45) is 0 Å². The fourth-order valence-electron chi connectivity index (χ4n) is 1.77. The van der Waals surface area contributed by atoms with E-state index in [1.165, 1.54) is 0 Å². The first-order chi connectivity index (χ1) is 8.63. The quantitative estimate of drug-likeness (QED) is 0.719. The summed E-state index contributed by atoms with van der Waals surface area (Å²) in [5, 5.41) is 3.32. The van der Waals surface area contributed by atoms with Gasteiger partial charge < -0.3 is 10.1 Å². The molecule has 0 saturated carbocycles. The molecular weight excluding hydrogens is 236 g/mol. The van der Waals surface area contributed by atoms with Crippen LogP contribution in [0.2, 0.25) is 0 Å². The Kier molecular flexibility index (Phi) is 6.65. The number of ether oxygens (including phenoxy) is 1. The lowest BCUT2D eigenvalue weighted by Gasteiger charge is -2.12. The van der Waals surface area contributed by atoms with E-state index in [4.69, 9.17) is 4.74 Å². The van der Waals surface area contributed by atoms with Gasteiger partial charge in [-0.3, -0.25) is 0 Å². The minimum Gasteiger partial charge on any atom is -0.490 e. The molecular formula is C14H21F2NO. The molecule has 1 unspecified atom stereocenters. The average Bonchev–Trinajstić information content (AvgIpc) is 2.33. The Balaban J connectivity index is 2.19. The van der Waals surface area contributed by atoms with Gasteiger partial charge in [0, 0.05) is 12.1 Å². The van der Waals surface area contributed by atoms with E-state index in [9.17, 15) is 8.78 Å². The van der Waals surface area contributed by atoms with E-state index in [2.05, 4.69) is 19.2 Å². The molecule has 1 aromatic rings. The minimum atomic E-state index is -0.516. The fourth-order valence-corrected chi connectivity index (χ4v) is 1.77. The summed E-state index contributed by atoms with van der Waals surface area (Å²) in [6.45, 7) is 5.59. The predicted molar refractivity (Wildman–Crippen MR) is 68.8 cm³/mol. The molecule has 0 aliphatic rings. The standard InChI is InChI=1S/C14H21F2NO/c1-3-17-11(2)6-4-5-9-18-14-10-12(15)7-8-13(14)16/h7-8,10-11,17H,3-6,9H2,1-2H3. The van der Waals surface area contributed by atoms with E-state index in [0.29, 0.717) is 12.6 Å². The van der Waals surface area contributed by atoms with E-state index in [-0.39, 0.29) is 5.75 Å². The van der Waals surface area contributed by atoms with Gasteiger partial charge in [-0.1, -0.05) is 6.92 Å². The van der Waals surface area contributed by atoms with Crippen LogP contribution in [0.25, 0.3) is 0 Å². The van der Waals surface area contributed by atoms with Crippen molar-refractivity contribution in [2.45, 2.75) is 39.2 Å². The van der Waals surface area contributed by atoms with Gasteiger partial charge in [-0.15, -0.1) is 0 Å². The molecule has 0 amide bonds. The summed E-state index contributed by atoms with van der Waals surface area (Å²) in [6.07, 6.45) is 2.90. The number of hydrogen-bond donors (Lipinski definition) is 1. The van der Waals surface area contributed by atoms with E-state index in [0.717, 1.165) is 44.0 Å². The van der Waals surface area contributed by atoms with E-state index < -0.39 is 11.6 Å². The molecule has 0 aromatic heterocycles. The second kappa shape index (κ2) is 8.03. The zero-order valence-electron chi connectivity index (χ0n) is 11.0. The highest BCUT2D eigenvalue weighted by Gasteiger charge is 2.05. The highest BCUT2D eigenvalue weighted by atomic mass is 19.1. The van der Waals surface area contributed by atoms with E-state index >= 15 is 0 Å². The van der Waals surface area contributed by atoms with Crippen molar-refractivity contribution in [3.63, 3.8) is 0 Å². The molecule has 0 spiro atoms. The van der Waals surface area contributed by atoms with Crippen LogP contribution in [0, 0.1) is 11.6 Å². The largest absolute Gasteiger partial charge is 0.490 e. The summed E-state index contributed by atoms with van der Waals surface area (Å²) >= 11 is 0. The van der Waals surface area contributed by atoms with E-state index in [1.54, 1.807) is 0 Å². The molecule has 0 heterocycles. The van der Waals surface area contributed by atoms with Gasteiger partial charge in [0.2, 0.25) is 0 Å². The van der Waals surface area contributed by atoms with Gasteiger partial charge >= 0.3 is 0 Å². The summed E-state index contributed by atoms with van der Waals surface area (Å²) in [6, 6.07) is 3.73. The maximum atomic E-state index is 13.2. The Bertz CT molecular complexity index is 358. The number of halogens is 2. The minimum absolute atomic E-state index is 0.00488. The van der Waals surface area contributed by atoms with Gasteiger partial charge in [0.05, 0.1) is 6.61 Å². The lowest BCUT2D eigenvalue weighted by atomic mass is 10.1. The molecule has 4 heteroatoms. The Morgan fingerprint density at radius 3 is 2.78 bits per heavy atom. The van der Waals surface area contributed by atoms with Gasteiger partial charge in [-0.25, -0.2) is 8.78 Å². The Labute approximate surface area is 107 Å². The molecule has 0 aliphatic heterocycles. The topological polar surface area (TPSA) is 21.3 Å². The first-order valence-electron chi connectivity index (χ1n) is 6.44. The van der Waals surface area contributed by atoms with Crippen LogP contribution in [-0.2, 0) is 0 Å². The van der Waals surface area contributed by atoms with Gasteiger partial charge in [-0.2, -0.15) is 0 Å². The maximum Gasteiger partial charge on any atom is 0.165 e. The molecule has 1 aromatic carbocycles. The van der Waals surface area contributed by atoms with Crippen molar-refractivity contribution in [1.82, 2.24) is 5.32 Å². The first kappa shape index (κ1) is 14.9. The number of benzene rings is 1. The number of nitrogens with one attached hydrogen (secondary N) is 1. The second-order valence-electron chi connectivity index (χ2n) is 4.38. The summed E-state index contributed by atoms with van der Waals surface area (Å²) in [4.78, 5) is 0. The van der Waals surface area contributed by atoms with Gasteiger partial charge in [-0.05, 0) is 44.9 Å². The Hall–Kier alpha value is -1.16. The highest BCUT2D eigenvalue weighted by Crippen LogP contribution is 2.18. The smallest absolute Gasteiger partial charge is 0.165 e. The summed E-state index contributed by atoms with van der Waals surface area (Å²) < 4.78 is 31.3. The molecule has 1 N–H and O–H groups in total. The molecule has 0 saturated heterocycles. The van der Waals surface area contributed by atoms with Gasteiger partial charge in [0.25, 0.3) is 0 Å². The van der Waals surface area contributed by atoms with Crippen LogP contribution in [0.1, 0.15) is 33.1 Å². The lowest BCUT2D eigenvalue weighted by Crippen LogP contribution is -2.25. The van der Waals surface area contributed by atoms with Crippen LogP contribution in [0.3, 0.4) is 0 Å². The van der Waals surface area contributed by atoms with Crippen molar-refractivity contribution in [2.75, 3.05) is 13.2 Å². The Morgan fingerprint density at radius 2 is 2.06 bits per heavy atom. The van der Waals surface area contributed by atoms with Crippen LogP contribution in [0.15, 0.2) is 18.2 Å². The zero-order chi connectivity index (χ0) is 13.4. The fraction of sp³-hybridized carbons (Fsp3) is 0.571. The third-order valence-corrected chi connectivity index (χ3v) is 2.73. The number of hydrogen-bond acceptors (Lipinski definition) is 2. The molecule has 18 heavy (non-hydrogen) atoms. The van der Waals surface area contributed by atoms with Crippen LogP contribution >= 0.6 is 0 Å². The van der Waals surface area contributed by atoms with Crippen molar-refractivity contribution in [3.05, 3.63) is 29.8 Å². The molecule has 102 valence electrons. The van der Waals surface area contributed by atoms with Gasteiger partial charge in [0.1, 0.15) is 5.82 Å². The number of rotatable bonds is 8. The third kappa shape index (κ3) is 5.45. The van der Waals surface area contributed by atoms with Crippen LogP contribution in [0.4, 0.5) is 8.78 Å². The molecule has 1 rings (SSSR count). The normalized spacial score (nSPS) is 12.4. The maximum absolute atomic E-state index is 13.2. The van der Waals surface area contributed by atoms with Crippen molar-refractivity contribution >= 4 is 0 Å². The van der Waals surface area contributed by atoms with Crippen LogP contribution in [-0.4, -0.2) is 19.2 Å². The zero-order valence-corrected chi connectivity index (χ0v) is 11.0. The SMILES string of the molecule is CCNC(C)CCCCOc1cc(F)ccc1F. The Morgan fingerprint density at radius 1 is 1.28 bits per heavy atom. The highest BCUT2D eigenvalue weighted by molar-refractivity contribution is 5.24. The summed E-state index contributed by atoms with van der Waals surface area (Å²) in [5.74, 6) is -1.00. The molecule has 0 aliphatic carbocycles. The van der Waals surface area contributed by atoms with Crippen LogP contribution in [0.5, 0.6) is 5.75 Å².